The monoisotopic (exact) mass is 429 g/mol. The molecule has 0 unspecified atom stereocenters. The van der Waals surface area contributed by atoms with Crippen LogP contribution in [0.4, 0.5) is 0 Å². The Balaban J connectivity index is 1.46. The molecule has 0 saturated carbocycles. The molecule has 1 fully saturated rings. The van der Waals surface area contributed by atoms with Gasteiger partial charge in [-0.25, -0.2) is 12.7 Å². The fourth-order valence-electron chi connectivity index (χ4n) is 3.68. The van der Waals surface area contributed by atoms with E-state index >= 15 is 0 Å². The van der Waals surface area contributed by atoms with Crippen LogP contribution in [0.3, 0.4) is 0 Å². The molecular formula is C23H31N3O3S. The summed E-state index contributed by atoms with van der Waals surface area (Å²) in [6, 6.07) is 17.4. The van der Waals surface area contributed by atoms with Gasteiger partial charge in [-0.1, -0.05) is 42.5 Å². The van der Waals surface area contributed by atoms with Crippen molar-refractivity contribution in [2.45, 2.75) is 30.7 Å². The largest absolute Gasteiger partial charge is 0.340 e. The molecule has 30 heavy (non-hydrogen) atoms. The number of carbonyl (C=O) groups excluding carboxylic acids is 1. The van der Waals surface area contributed by atoms with Crippen LogP contribution in [0.1, 0.15) is 24.0 Å². The Kier molecular flexibility index (Phi) is 7.64. The van der Waals surface area contributed by atoms with Crippen LogP contribution in [0.15, 0.2) is 59.5 Å². The van der Waals surface area contributed by atoms with Crippen LogP contribution in [0.5, 0.6) is 0 Å². The van der Waals surface area contributed by atoms with Gasteiger partial charge in [0, 0.05) is 53.2 Å². The molecule has 0 aliphatic carbocycles. The molecule has 162 valence electrons. The molecule has 0 N–H and O–H groups in total. The van der Waals surface area contributed by atoms with E-state index in [-0.39, 0.29) is 5.91 Å². The quantitative estimate of drug-likeness (QED) is 0.647. The number of aryl methyl sites for hydroxylation is 1. The minimum atomic E-state index is -3.43. The van der Waals surface area contributed by atoms with Gasteiger partial charge in [0.25, 0.3) is 0 Å². The molecule has 1 aliphatic rings. The van der Waals surface area contributed by atoms with Gasteiger partial charge in [-0.2, -0.15) is 0 Å². The second-order valence-electron chi connectivity index (χ2n) is 7.93. The van der Waals surface area contributed by atoms with Gasteiger partial charge < -0.3 is 4.90 Å². The lowest BCUT2D eigenvalue weighted by molar-refractivity contribution is -0.133. The van der Waals surface area contributed by atoms with Crippen molar-refractivity contribution in [2.24, 2.45) is 0 Å². The van der Waals surface area contributed by atoms with Crippen molar-refractivity contribution in [3.63, 3.8) is 0 Å². The Hall–Kier alpha value is -2.22. The molecule has 2 aromatic rings. The number of piperazine rings is 1. The molecule has 3 rings (SSSR count). The summed E-state index contributed by atoms with van der Waals surface area (Å²) in [6.45, 7) is 3.73. The average Bonchev–Trinajstić information content (AvgIpc) is 2.75. The zero-order valence-corrected chi connectivity index (χ0v) is 18.6. The molecule has 0 bridgehead atoms. The van der Waals surface area contributed by atoms with Crippen molar-refractivity contribution in [1.29, 1.82) is 0 Å². The molecule has 1 heterocycles. The number of hydrogen-bond acceptors (Lipinski definition) is 4. The molecular weight excluding hydrogens is 398 g/mol. The van der Waals surface area contributed by atoms with Gasteiger partial charge in [-0.3, -0.25) is 9.69 Å². The van der Waals surface area contributed by atoms with E-state index < -0.39 is 10.0 Å². The van der Waals surface area contributed by atoms with E-state index in [1.807, 2.05) is 29.2 Å². The SMILES string of the molecule is CN(C)S(=O)(=O)c1cccc(CN2CCN(C(=O)CCCc3ccccc3)CC2)c1. The van der Waals surface area contributed by atoms with Crippen molar-refractivity contribution in [3.05, 3.63) is 65.7 Å². The lowest BCUT2D eigenvalue weighted by atomic mass is 10.1. The average molecular weight is 430 g/mol. The molecule has 6 nitrogen and oxygen atoms in total. The first-order valence-electron chi connectivity index (χ1n) is 10.4. The minimum absolute atomic E-state index is 0.227. The zero-order chi connectivity index (χ0) is 21.6. The molecule has 2 aromatic carbocycles. The van der Waals surface area contributed by atoms with Crippen LogP contribution in [0.25, 0.3) is 0 Å². The van der Waals surface area contributed by atoms with E-state index in [9.17, 15) is 13.2 Å². The Labute approximate surface area is 180 Å². The Bertz CT molecular complexity index is 937. The Morgan fingerprint density at radius 1 is 0.933 bits per heavy atom. The van der Waals surface area contributed by atoms with Gasteiger partial charge in [0.15, 0.2) is 0 Å². The standard InChI is InChI=1S/C23H31N3O3S/c1-24(2)30(28,29)22-12-6-11-21(18-22)19-25-14-16-26(17-15-25)23(27)13-7-10-20-8-4-3-5-9-20/h3-6,8-9,11-12,18H,7,10,13-17,19H2,1-2H3. The highest BCUT2D eigenvalue weighted by Gasteiger charge is 2.22. The van der Waals surface area contributed by atoms with Crippen molar-refractivity contribution >= 4 is 15.9 Å². The van der Waals surface area contributed by atoms with Crippen LogP contribution in [0.2, 0.25) is 0 Å². The van der Waals surface area contributed by atoms with Gasteiger partial charge in [0.1, 0.15) is 0 Å². The van der Waals surface area contributed by atoms with E-state index in [1.165, 1.54) is 24.0 Å². The topological polar surface area (TPSA) is 60.9 Å². The van der Waals surface area contributed by atoms with E-state index in [0.717, 1.165) is 44.6 Å². The summed E-state index contributed by atoms with van der Waals surface area (Å²) < 4.78 is 25.9. The lowest BCUT2D eigenvalue weighted by Gasteiger charge is -2.35. The lowest BCUT2D eigenvalue weighted by Crippen LogP contribution is -2.48. The van der Waals surface area contributed by atoms with Crippen LogP contribution in [0, 0.1) is 0 Å². The highest BCUT2D eigenvalue weighted by molar-refractivity contribution is 7.89. The van der Waals surface area contributed by atoms with Crippen LogP contribution in [-0.4, -0.2) is 68.7 Å². The number of hydrogen-bond donors (Lipinski definition) is 0. The maximum atomic E-state index is 12.5. The van der Waals surface area contributed by atoms with Gasteiger partial charge in [-0.15, -0.1) is 0 Å². The van der Waals surface area contributed by atoms with Gasteiger partial charge >= 0.3 is 0 Å². The Morgan fingerprint density at radius 2 is 1.60 bits per heavy atom. The summed E-state index contributed by atoms with van der Waals surface area (Å²) in [4.78, 5) is 17.1. The molecule has 7 heteroatoms. The van der Waals surface area contributed by atoms with Crippen molar-refractivity contribution in [1.82, 2.24) is 14.1 Å². The predicted octanol–water partition coefficient (Wildman–Crippen LogP) is 2.60. The van der Waals surface area contributed by atoms with Gasteiger partial charge in [0.05, 0.1) is 4.90 Å². The molecule has 0 aromatic heterocycles. The number of carbonyl (C=O) groups is 1. The van der Waals surface area contributed by atoms with Crippen molar-refractivity contribution in [3.8, 4) is 0 Å². The van der Waals surface area contributed by atoms with Crippen LogP contribution >= 0.6 is 0 Å². The van der Waals surface area contributed by atoms with E-state index in [0.29, 0.717) is 17.9 Å². The minimum Gasteiger partial charge on any atom is -0.340 e. The predicted molar refractivity (Wildman–Crippen MR) is 119 cm³/mol. The summed E-state index contributed by atoms with van der Waals surface area (Å²) in [5.74, 6) is 0.227. The normalized spacial score (nSPS) is 15.5. The maximum Gasteiger partial charge on any atom is 0.242 e. The molecule has 0 spiro atoms. The molecule has 0 radical (unpaired) electrons. The highest BCUT2D eigenvalue weighted by atomic mass is 32.2. The number of rotatable bonds is 8. The highest BCUT2D eigenvalue weighted by Crippen LogP contribution is 2.17. The fourth-order valence-corrected chi connectivity index (χ4v) is 4.65. The zero-order valence-electron chi connectivity index (χ0n) is 17.8. The van der Waals surface area contributed by atoms with Crippen molar-refractivity contribution < 1.29 is 13.2 Å². The summed E-state index contributed by atoms with van der Waals surface area (Å²) in [7, 11) is -0.348. The molecule has 1 saturated heterocycles. The fraction of sp³-hybridized carbons (Fsp3) is 0.435. The number of nitrogens with zero attached hydrogens (tertiary/aromatic N) is 3. The first-order chi connectivity index (χ1) is 14.4. The summed E-state index contributed by atoms with van der Waals surface area (Å²) in [5.41, 5.74) is 2.24. The molecule has 1 amide bonds. The first-order valence-corrected chi connectivity index (χ1v) is 11.9. The smallest absolute Gasteiger partial charge is 0.242 e. The van der Waals surface area contributed by atoms with E-state index in [1.54, 1.807) is 18.2 Å². The maximum absolute atomic E-state index is 12.5. The third kappa shape index (κ3) is 5.90. The first kappa shape index (κ1) is 22.5. The van der Waals surface area contributed by atoms with Gasteiger partial charge in [-0.05, 0) is 36.1 Å². The summed E-state index contributed by atoms with van der Waals surface area (Å²) >= 11 is 0. The molecule has 1 aliphatic heterocycles. The number of benzene rings is 2. The third-order valence-corrected chi connectivity index (χ3v) is 7.32. The van der Waals surface area contributed by atoms with E-state index in [4.69, 9.17) is 0 Å². The van der Waals surface area contributed by atoms with E-state index in [2.05, 4.69) is 17.0 Å². The van der Waals surface area contributed by atoms with Crippen LogP contribution < -0.4 is 0 Å². The second kappa shape index (κ2) is 10.2. The third-order valence-electron chi connectivity index (χ3n) is 5.51. The van der Waals surface area contributed by atoms with Gasteiger partial charge in [0.2, 0.25) is 15.9 Å². The number of sulfonamides is 1. The second-order valence-corrected chi connectivity index (χ2v) is 10.1. The molecule has 0 atom stereocenters. The number of amides is 1. The summed E-state index contributed by atoms with van der Waals surface area (Å²) in [5, 5.41) is 0. The Morgan fingerprint density at radius 3 is 2.27 bits per heavy atom. The summed E-state index contributed by atoms with van der Waals surface area (Å²) in [6.07, 6.45) is 2.38. The van der Waals surface area contributed by atoms with Crippen LogP contribution in [-0.2, 0) is 27.8 Å². The van der Waals surface area contributed by atoms with Crippen molar-refractivity contribution in [2.75, 3.05) is 40.3 Å².